The molecule has 0 spiro atoms. The van der Waals surface area contributed by atoms with Crippen molar-refractivity contribution in [1.29, 1.82) is 0 Å². The molecule has 198 valence electrons. The van der Waals surface area contributed by atoms with E-state index in [-0.39, 0.29) is 18.2 Å². The number of aromatic nitrogens is 5. The van der Waals surface area contributed by atoms with Crippen LogP contribution in [0.4, 0.5) is 4.39 Å². The lowest BCUT2D eigenvalue weighted by atomic mass is 10.1. The largest absolute Gasteiger partial charge is 0.454 e. The van der Waals surface area contributed by atoms with Gasteiger partial charge in [0, 0.05) is 24.2 Å². The molecule has 5 aromatic rings. The second-order valence-electron chi connectivity index (χ2n) is 9.61. The molecule has 39 heavy (non-hydrogen) atoms. The maximum Gasteiger partial charge on any atom is 0.252 e. The molecule has 1 aliphatic heterocycles. The van der Waals surface area contributed by atoms with E-state index in [0.29, 0.717) is 49.1 Å². The third kappa shape index (κ3) is 5.51. The number of fused-ring (bicyclic) bond motifs is 2. The van der Waals surface area contributed by atoms with Crippen LogP contribution in [0.1, 0.15) is 35.0 Å². The molecule has 0 amide bonds. The molecular weight excluding hydrogens is 499 g/mol. The molecule has 3 heterocycles. The average molecular weight is 527 g/mol. The van der Waals surface area contributed by atoms with Crippen LogP contribution in [0.3, 0.4) is 0 Å². The Hall–Kier alpha value is -4.57. The Balaban J connectivity index is 1.31. The van der Waals surface area contributed by atoms with Crippen molar-refractivity contribution in [3.05, 3.63) is 111 Å². The standard InChI is InChI=1S/C29H27FN6O3/c1-2-19-5-9-25-22(11-19)13-23(29(37)31-25)16-35(14-21-6-10-26-27(12-21)39-18-38-26)17-28-32-33-34-36(28)15-20-3-7-24(30)8-4-20/h3-13H,2,14-18H2,1H3,(H,31,37). The first-order valence-corrected chi connectivity index (χ1v) is 12.8. The molecule has 1 aliphatic rings. The van der Waals surface area contributed by atoms with Gasteiger partial charge in [-0.2, -0.15) is 0 Å². The van der Waals surface area contributed by atoms with E-state index in [4.69, 9.17) is 9.47 Å². The summed E-state index contributed by atoms with van der Waals surface area (Å²) in [5.41, 5.74) is 4.42. The first kappa shape index (κ1) is 24.7. The number of hydrogen-bond donors (Lipinski definition) is 1. The van der Waals surface area contributed by atoms with E-state index < -0.39 is 0 Å². The van der Waals surface area contributed by atoms with E-state index in [0.717, 1.165) is 28.5 Å². The summed E-state index contributed by atoms with van der Waals surface area (Å²) in [6.45, 7) is 3.99. The Morgan fingerprint density at radius 2 is 1.72 bits per heavy atom. The van der Waals surface area contributed by atoms with E-state index in [9.17, 15) is 9.18 Å². The Bertz CT molecular complexity index is 1680. The van der Waals surface area contributed by atoms with Crippen LogP contribution in [-0.4, -0.2) is 36.9 Å². The molecular formula is C29H27FN6O3. The predicted octanol–water partition coefficient (Wildman–Crippen LogP) is 4.20. The minimum atomic E-state index is -0.294. The Morgan fingerprint density at radius 3 is 2.56 bits per heavy atom. The smallest absolute Gasteiger partial charge is 0.252 e. The van der Waals surface area contributed by atoms with Gasteiger partial charge in [0.2, 0.25) is 6.79 Å². The minimum absolute atomic E-state index is 0.131. The van der Waals surface area contributed by atoms with E-state index in [1.165, 1.54) is 17.7 Å². The van der Waals surface area contributed by atoms with Gasteiger partial charge in [-0.1, -0.05) is 31.2 Å². The molecule has 2 aromatic heterocycles. The van der Waals surface area contributed by atoms with Crippen molar-refractivity contribution in [2.75, 3.05) is 6.79 Å². The number of H-pyrrole nitrogens is 1. The number of pyridine rings is 1. The van der Waals surface area contributed by atoms with Gasteiger partial charge in [-0.05, 0) is 81.4 Å². The number of nitrogens with zero attached hydrogens (tertiary/aromatic N) is 5. The molecule has 1 N–H and O–H groups in total. The normalized spacial score (nSPS) is 12.5. The SMILES string of the molecule is CCc1ccc2[nH]c(=O)c(CN(Cc3ccc4c(c3)OCO4)Cc3nnnn3Cc3ccc(F)cc3)cc2c1. The number of aromatic amines is 1. The zero-order valence-electron chi connectivity index (χ0n) is 21.4. The number of tetrazole rings is 1. The molecule has 9 nitrogen and oxygen atoms in total. The summed E-state index contributed by atoms with van der Waals surface area (Å²) >= 11 is 0. The second kappa shape index (κ2) is 10.7. The number of aryl methyl sites for hydroxylation is 1. The fraction of sp³-hybridized carbons (Fsp3) is 0.241. The van der Waals surface area contributed by atoms with Crippen LogP contribution in [0.25, 0.3) is 10.9 Å². The molecule has 0 aliphatic carbocycles. The summed E-state index contributed by atoms with van der Waals surface area (Å²) in [7, 11) is 0. The van der Waals surface area contributed by atoms with Crippen molar-refractivity contribution in [3.8, 4) is 11.5 Å². The van der Waals surface area contributed by atoms with Gasteiger partial charge in [-0.15, -0.1) is 5.10 Å². The zero-order valence-corrected chi connectivity index (χ0v) is 21.4. The fourth-order valence-electron chi connectivity index (χ4n) is 4.77. The van der Waals surface area contributed by atoms with Crippen molar-refractivity contribution < 1.29 is 13.9 Å². The monoisotopic (exact) mass is 526 g/mol. The highest BCUT2D eigenvalue weighted by molar-refractivity contribution is 5.79. The highest BCUT2D eigenvalue weighted by Crippen LogP contribution is 2.33. The van der Waals surface area contributed by atoms with Crippen LogP contribution < -0.4 is 15.0 Å². The minimum Gasteiger partial charge on any atom is -0.454 e. The average Bonchev–Trinajstić information content (AvgIpc) is 3.59. The van der Waals surface area contributed by atoms with Gasteiger partial charge in [-0.25, -0.2) is 9.07 Å². The Kier molecular flexibility index (Phi) is 6.76. The summed E-state index contributed by atoms with van der Waals surface area (Å²) in [5.74, 6) is 1.75. The fourth-order valence-corrected chi connectivity index (χ4v) is 4.77. The van der Waals surface area contributed by atoms with Crippen LogP contribution in [0, 0.1) is 5.82 Å². The highest BCUT2D eigenvalue weighted by atomic mass is 19.1. The van der Waals surface area contributed by atoms with Gasteiger partial charge in [0.25, 0.3) is 5.56 Å². The molecule has 0 saturated carbocycles. The summed E-state index contributed by atoms with van der Waals surface area (Å²) in [6.07, 6.45) is 0.914. The van der Waals surface area contributed by atoms with Crippen molar-refractivity contribution in [2.24, 2.45) is 0 Å². The Labute approximate surface area is 223 Å². The molecule has 0 fully saturated rings. The lowest BCUT2D eigenvalue weighted by Crippen LogP contribution is -2.28. The second-order valence-corrected chi connectivity index (χ2v) is 9.61. The number of rotatable bonds is 9. The van der Waals surface area contributed by atoms with Crippen LogP contribution in [0.2, 0.25) is 0 Å². The lowest BCUT2D eigenvalue weighted by Gasteiger charge is -2.22. The third-order valence-electron chi connectivity index (χ3n) is 6.85. The molecule has 6 rings (SSSR count). The Morgan fingerprint density at radius 1 is 0.923 bits per heavy atom. The van der Waals surface area contributed by atoms with E-state index in [1.807, 2.05) is 36.4 Å². The number of benzene rings is 3. The van der Waals surface area contributed by atoms with E-state index in [1.54, 1.807) is 16.8 Å². The van der Waals surface area contributed by atoms with Gasteiger partial charge in [0.05, 0.1) is 13.1 Å². The maximum absolute atomic E-state index is 13.4. The molecule has 0 atom stereocenters. The number of hydrogen-bond acceptors (Lipinski definition) is 7. The highest BCUT2D eigenvalue weighted by Gasteiger charge is 2.19. The lowest BCUT2D eigenvalue weighted by molar-refractivity contribution is 0.174. The predicted molar refractivity (Wildman–Crippen MR) is 143 cm³/mol. The van der Waals surface area contributed by atoms with Gasteiger partial charge >= 0.3 is 0 Å². The summed E-state index contributed by atoms with van der Waals surface area (Å²) in [5, 5.41) is 13.3. The zero-order chi connectivity index (χ0) is 26.8. The summed E-state index contributed by atoms with van der Waals surface area (Å²) in [6, 6.07) is 20.1. The van der Waals surface area contributed by atoms with Crippen molar-refractivity contribution in [1.82, 2.24) is 30.1 Å². The number of ether oxygens (including phenoxy) is 2. The maximum atomic E-state index is 13.4. The quantitative estimate of drug-likeness (QED) is 0.308. The van der Waals surface area contributed by atoms with Crippen molar-refractivity contribution in [2.45, 2.75) is 39.5 Å². The molecule has 10 heteroatoms. The van der Waals surface area contributed by atoms with Gasteiger partial charge in [0.1, 0.15) is 5.82 Å². The molecule has 0 bridgehead atoms. The number of nitrogens with one attached hydrogen (secondary N) is 1. The van der Waals surface area contributed by atoms with E-state index >= 15 is 0 Å². The van der Waals surface area contributed by atoms with Crippen molar-refractivity contribution >= 4 is 10.9 Å². The summed E-state index contributed by atoms with van der Waals surface area (Å²) in [4.78, 5) is 18.2. The first-order chi connectivity index (χ1) is 19.0. The molecule has 0 unspecified atom stereocenters. The molecule has 3 aromatic carbocycles. The van der Waals surface area contributed by atoms with Crippen LogP contribution >= 0.6 is 0 Å². The summed E-state index contributed by atoms with van der Waals surface area (Å²) < 4.78 is 26.1. The van der Waals surface area contributed by atoms with Crippen LogP contribution in [0.15, 0.2) is 71.5 Å². The van der Waals surface area contributed by atoms with Gasteiger partial charge in [-0.3, -0.25) is 9.69 Å². The van der Waals surface area contributed by atoms with E-state index in [2.05, 4.69) is 38.4 Å². The van der Waals surface area contributed by atoms with Gasteiger partial charge in [0.15, 0.2) is 17.3 Å². The van der Waals surface area contributed by atoms with Crippen LogP contribution in [-0.2, 0) is 32.6 Å². The molecule has 0 saturated heterocycles. The topological polar surface area (TPSA) is 98.2 Å². The van der Waals surface area contributed by atoms with Gasteiger partial charge < -0.3 is 14.5 Å². The number of halogens is 1. The third-order valence-corrected chi connectivity index (χ3v) is 6.85. The first-order valence-electron chi connectivity index (χ1n) is 12.8. The van der Waals surface area contributed by atoms with Crippen molar-refractivity contribution in [3.63, 3.8) is 0 Å². The van der Waals surface area contributed by atoms with Crippen LogP contribution in [0.5, 0.6) is 11.5 Å². The molecule has 0 radical (unpaired) electrons.